The van der Waals surface area contributed by atoms with Crippen molar-refractivity contribution in [1.82, 2.24) is 4.98 Å². The molecular formula is C18H21N3O3S. The number of rotatable bonds is 2. The second-order valence-electron chi connectivity index (χ2n) is 7.09. The first kappa shape index (κ1) is 17.4. The molecule has 2 N–H and O–H groups in total. The van der Waals surface area contributed by atoms with E-state index in [9.17, 15) is 9.59 Å². The molecule has 1 aliphatic rings. The number of ether oxygens (including phenoxy) is 1. The van der Waals surface area contributed by atoms with Crippen molar-refractivity contribution in [1.29, 1.82) is 0 Å². The Kier molecular flexibility index (Phi) is 4.28. The summed E-state index contributed by atoms with van der Waals surface area (Å²) in [7, 11) is 0. The molecule has 3 rings (SSSR count). The van der Waals surface area contributed by atoms with Crippen molar-refractivity contribution in [3.8, 4) is 17.0 Å². The second kappa shape index (κ2) is 6.15. The Morgan fingerprint density at radius 1 is 1.36 bits per heavy atom. The number of thiazole rings is 1. The molecule has 1 aromatic carbocycles. The fourth-order valence-electron chi connectivity index (χ4n) is 2.36. The Labute approximate surface area is 150 Å². The van der Waals surface area contributed by atoms with Crippen molar-refractivity contribution in [3.63, 3.8) is 0 Å². The lowest BCUT2D eigenvalue weighted by molar-refractivity contribution is -0.123. The third kappa shape index (κ3) is 3.51. The maximum absolute atomic E-state index is 12.1. The van der Waals surface area contributed by atoms with Crippen LogP contribution in [0, 0.1) is 12.3 Å². The molecule has 0 radical (unpaired) electrons. The van der Waals surface area contributed by atoms with Crippen LogP contribution in [0.3, 0.4) is 0 Å². The number of carbonyl (C=O) groups is 2. The molecule has 2 aromatic rings. The van der Waals surface area contributed by atoms with E-state index in [2.05, 4.69) is 15.6 Å². The van der Waals surface area contributed by atoms with E-state index in [0.29, 0.717) is 16.6 Å². The molecule has 0 aliphatic carbocycles. The number of fused-ring (bicyclic) bond motifs is 1. The van der Waals surface area contributed by atoms with Gasteiger partial charge in [0, 0.05) is 15.9 Å². The minimum atomic E-state index is -0.501. The van der Waals surface area contributed by atoms with Crippen LogP contribution >= 0.6 is 11.3 Å². The van der Waals surface area contributed by atoms with Gasteiger partial charge in [-0.2, -0.15) is 0 Å². The third-order valence-electron chi connectivity index (χ3n) is 3.88. The van der Waals surface area contributed by atoms with Crippen LogP contribution in [0.15, 0.2) is 18.2 Å². The predicted molar refractivity (Wildman–Crippen MR) is 99.1 cm³/mol. The maximum atomic E-state index is 12.1. The Morgan fingerprint density at radius 2 is 2.08 bits per heavy atom. The smallest absolute Gasteiger partial charge is 0.265 e. The molecule has 1 atom stereocenters. The highest BCUT2D eigenvalue weighted by molar-refractivity contribution is 7.16. The van der Waals surface area contributed by atoms with Crippen LogP contribution in [0.4, 0.5) is 10.8 Å². The van der Waals surface area contributed by atoms with Crippen molar-refractivity contribution in [2.24, 2.45) is 5.41 Å². The minimum absolute atomic E-state index is 0.0760. The van der Waals surface area contributed by atoms with Gasteiger partial charge in [0.1, 0.15) is 5.75 Å². The summed E-state index contributed by atoms with van der Waals surface area (Å²) in [5, 5.41) is 6.27. The molecule has 0 saturated carbocycles. The number of anilines is 2. The molecule has 1 aromatic heterocycles. The molecule has 1 aliphatic heterocycles. The molecule has 25 heavy (non-hydrogen) atoms. The van der Waals surface area contributed by atoms with E-state index in [1.165, 1.54) is 11.3 Å². The Bertz CT molecular complexity index is 852. The van der Waals surface area contributed by atoms with Gasteiger partial charge in [0.15, 0.2) is 11.2 Å². The molecule has 0 spiro atoms. The average Bonchev–Trinajstić information content (AvgIpc) is 2.87. The van der Waals surface area contributed by atoms with Crippen LogP contribution in [-0.2, 0) is 9.59 Å². The maximum Gasteiger partial charge on any atom is 0.265 e. The van der Waals surface area contributed by atoms with Gasteiger partial charge in [-0.3, -0.25) is 9.59 Å². The van der Waals surface area contributed by atoms with Crippen LogP contribution in [-0.4, -0.2) is 22.9 Å². The lowest BCUT2D eigenvalue weighted by Crippen LogP contribution is -2.34. The van der Waals surface area contributed by atoms with Gasteiger partial charge >= 0.3 is 0 Å². The molecule has 0 bridgehead atoms. The van der Waals surface area contributed by atoms with Crippen molar-refractivity contribution in [3.05, 3.63) is 23.1 Å². The molecule has 0 saturated heterocycles. The molecule has 132 valence electrons. The normalized spacial score (nSPS) is 16.7. The first-order chi connectivity index (χ1) is 11.6. The number of amides is 2. The van der Waals surface area contributed by atoms with Gasteiger partial charge in [0.25, 0.3) is 5.91 Å². The molecular weight excluding hydrogens is 338 g/mol. The Hall–Kier alpha value is -2.41. The van der Waals surface area contributed by atoms with E-state index in [-0.39, 0.29) is 11.8 Å². The molecule has 2 amide bonds. The van der Waals surface area contributed by atoms with Crippen molar-refractivity contribution in [2.45, 2.75) is 40.7 Å². The summed E-state index contributed by atoms with van der Waals surface area (Å²) < 4.78 is 5.57. The number of aryl methyl sites for hydroxylation is 1. The van der Waals surface area contributed by atoms with Gasteiger partial charge in [-0.1, -0.05) is 20.8 Å². The summed E-state index contributed by atoms with van der Waals surface area (Å²) in [6.45, 7) is 9.24. The van der Waals surface area contributed by atoms with Gasteiger partial charge in [0.2, 0.25) is 5.91 Å². The molecule has 1 unspecified atom stereocenters. The summed E-state index contributed by atoms with van der Waals surface area (Å²) in [5.74, 6) is 0.399. The first-order valence-corrected chi connectivity index (χ1v) is 8.87. The van der Waals surface area contributed by atoms with Crippen LogP contribution in [0.1, 0.15) is 32.6 Å². The monoisotopic (exact) mass is 359 g/mol. The minimum Gasteiger partial charge on any atom is -0.479 e. The summed E-state index contributed by atoms with van der Waals surface area (Å²) in [5.41, 5.74) is 1.80. The number of carbonyl (C=O) groups excluding carboxylic acids is 2. The lowest BCUT2D eigenvalue weighted by Gasteiger charge is -2.23. The van der Waals surface area contributed by atoms with Gasteiger partial charge < -0.3 is 15.4 Å². The Balaban J connectivity index is 1.89. The number of nitrogens with zero attached hydrogens (tertiary/aromatic N) is 1. The zero-order chi connectivity index (χ0) is 18.4. The standard InChI is InChI=1S/C18H21N3O3S/c1-9-15(22)19-12-8-11(6-7-13(12)24-9)14-10(2)25-17(20-14)21-16(23)18(3,4)5/h6-9H,1-5H3,(H,19,22)(H,20,21,23). The van der Waals surface area contributed by atoms with E-state index in [1.54, 1.807) is 6.92 Å². The highest BCUT2D eigenvalue weighted by Crippen LogP contribution is 2.37. The predicted octanol–water partition coefficient (Wildman–Crippen LogP) is 3.82. The SMILES string of the molecule is Cc1sc(NC(=O)C(C)(C)C)nc1-c1ccc2c(c1)NC(=O)C(C)O2. The van der Waals surface area contributed by atoms with E-state index in [0.717, 1.165) is 16.1 Å². The van der Waals surface area contributed by atoms with Crippen molar-refractivity contribution >= 4 is 34.0 Å². The number of hydrogen-bond acceptors (Lipinski definition) is 5. The van der Waals surface area contributed by atoms with Crippen LogP contribution in [0.5, 0.6) is 5.75 Å². The van der Waals surface area contributed by atoms with E-state index in [4.69, 9.17) is 4.74 Å². The van der Waals surface area contributed by atoms with Crippen molar-refractivity contribution in [2.75, 3.05) is 10.6 Å². The fourth-order valence-corrected chi connectivity index (χ4v) is 3.19. The fraction of sp³-hybridized carbons (Fsp3) is 0.389. The highest BCUT2D eigenvalue weighted by Gasteiger charge is 2.25. The van der Waals surface area contributed by atoms with E-state index >= 15 is 0 Å². The Morgan fingerprint density at radius 3 is 2.76 bits per heavy atom. The van der Waals surface area contributed by atoms with Crippen LogP contribution < -0.4 is 15.4 Å². The lowest BCUT2D eigenvalue weighted by atomic mass is 9.96. The number of aromatic nitrogens is 1. The van der Waals surface area contributed by atoms with Gasteiger partial charge in [-0.05, 0) is 32.0 Å². The average molecular weight is 359 g/mol. The number of benzene rings is 1. The zero-order valence-corrected chi connectivity index (χ0v) is 15.7. The third-order valence-corrected chi connectivity index (χ3v) is 4.77. The van der Waals surface area contributed by atoms with Crippen molar-refractivity contribution < 1.29 is 14.3 Å². The van der Waals surface area contributed by atoms with Gasteiger partial charge in [0.05, 0.1) is 11.4 Å². The molecule has 6 nitrogen and oxygen atoms in total. The zero-order valence-electron chi connectivity index (χ0n) is 14.9. The number of hydrogen-bond donors (Lipinski definition) is 2. The molecule has 0 fully saturated rings. The van der Waals surface area contributed by atoms with Crippen LogP contribution in [0.25, 0.3) is 11.3 Å². The largest absolute Gasteiger partial charge is 0.479 e. The number of nitrogens with one attached hydrogen (secondary N) is 2. The van der Waals surface area contributed by atoms with E-state index in [1.807, 2.05) is 45.9 Å². The van der Waals surface area contributed by atoms with Gasteiger partial charge in [-0.25, -0.2) is 4.98 Å². The molecule has 7 heteroatoms. The second-order valence-corrected chi connectivity index (χ2v) is 8.29. The van der Waals surface area contributed by atoms with Gasteiger partial charge in [-0.15, -0.1) is 11.3 Å². The highest BCUT2D eigenvalue weighted by atomic mass is 32.1. The summed E-state index contributed by atoms with van der Waals surface area (Å²) in [4.78, 5) is 29.5. The van der Waals surface area contributed by atoms with Crippen LogP contribution in [0.2, 0.25) is 0 Å². The summed E-state index contributed by atoms with van der Waals surface area (Å²) in [6, 6.07) is 5.57. The van der Waals surface area contributed by atoms with E-state index < -0.39 is 11.5 Å². The topological polar surface area (TPSA) is 80.3 Å². The summed E-state index contributed by atoms with van der Waals surface area (Å²) >= 11 is 1.43. The molecule has 2 heterocycles. The summed E-state index contributed by atoms with van der Waals surface area (Å²) in [6.07, 6.45) is -0.501. The first-order valence-electron chi connectivity index (χ1n) is 8.06. The quantitative estimate of drug-likeness (QED) is 0.854.